The van der Waals surface area contributed by atoms with Crippen molar-refractivity contribution in [2.75, 3.05) is 0 Å². The van der Waals surface area contributed by atoms with E-state index in [1.54, 1.807) is 0 Å². The van der Waals surface area contributed by atoms with E-state index in [2.05, 4.69) is 62.4 Å². The van der Waals surface area contributed by atoms with Crippen LogP contribution in [-0.2, 0) is 5.41 Å². The van der Waals surface area contributed by atoms with E-state index < -0.39 is 0 Å². The number of nitrogens with zero attached hydrogens (tertiary/aromatic N) is 6. The third kappa shape index (κ3) is 5.86. The van der Waals surface area contributed by atoms with Crippen LogP contribution in [-0.4, -0.2) is 29.9 Å². The zero-order valence-electron chi connectivity index (χ0n) is 30.8. The van der Waals surface area contributed by atoms with Gasteiger partial charge in [0.05, 0.1) is 5.56 Å². The highest BCUT2D eigenvalue weighted by atomic mass is 16.5. The van der Waals surface area contributed by atoms with Gasteiger partial charge in [-0.2, -0.15) is 0 Å². The second kappa shape index (κ2) is 13.5. The Labute approximate surface area is 324 Å². The number of hydrogen-bond donors (Lipinski definition) is 0. The van der Waals surface area contributed by atoms with E-state index in [9.17, 15) is 0 Å². The molecule has 0 saturated heterocycles. The molecule has 0 fully saturated rings. The van der Waals surface area contributed by atoms with Crippen LogP contribution in [0.15, 0.2) is 170 Å². The molecule has 1 aliphatic heterocycles. The fourth-order valence-corrected chi connectivity index (χ4v) is 7.54. The molecule has 266 valence electrons. The van der Waals surface area contributed by atoms with Gasteiger partial charge in [0.25, 0.3) is 0 Å². The topological polar surface area (TPSA) is 86.6 Å². The molecule has 56 heavy (non-hydrogen) atoms. The van der Waals surface area contributed by atoms with Gasteiger partial charge in [-0.25, -0.2) is 29.9 Å². The number of fused-ring (bicyclic) bond motifs is 3. The van der Waals surface area contributed by atoms with Gasteiger partial charge in [-0.3, -0.25) is 0 Å². The molecule has 10 rings (SSSR count). The van der Waals surface area contributed by atoms with E-state index in [0.29, 0.717) is 34.9 Å². The monoisotopic (exact) mass is 722 g/mol. The van der Waals surface area contributed by atoms with Crippen molar-refractivity contribution in [3.05, 3.63) is 181 Å². The highest BCUT2D eigenvalue weighted by Crippen LogP contribution is 2.51. The molecule has 0 amide bonds. The van der Waals surface area contributed by atoms with Crippen LogP contribution in [0, 0.1) is 0 Å². The summed E-state index contributed by atoms with van der Waals surface area (Å²) in [6, 6.07) is 57.0. The summed E-state index contributed by atoms with van der Waals surface area (Å²) in [6.45, 7) is 4.46. The maximum absolute atomic E-state index is 6.70. The van der Waals surface area contributed by atoms with Gasteiger partial charge < -0.3 is 4.74 Å². The maximum Gasteiger partial charge on any atom is 0.167 e. The third-order valence-corrected chi connectivity index (χ3v) is 10.4. The van der Waals surface area contributed by atoms with Crippen molar-refractivity contribution in [1.29, 1.82) is 0 Å². The van der Waals surface area contributed by atoms with Crippen LogP contribution in [0.2, 0.25) is 0 Å². The largest absolute Gasteiger partial charge is 0.456 e. The zero-order valence-corrected chi connectivity index (χ0v) is 30.8. The summed E-state index contributed by atoms with van der Waals surface area (Å²) in [5.74, 6) is 4.93. The standard InChI is InChI=1S/C49H34N6O/c1-49(2)39-26-14-15-28-41(39)56-42-37(25-16-27-40(42)49)47-52-45(33-21-10-5-11-22-33)51-46(55-47)35-29-34-23-12-13-24-36(34)38(30-35)48-53-43(31-17-6-3-7-18-31)50-44(54-48)32-19-8-4-9-20-32/h3-30H,1-2H3. The number of hydrogen-bond acceptors (Lipinski definition) is 7. The predicted octanol–water partition coefficient (Wildman–Crippen LogP) is 11.6. The second-order valence-electron chi connectivity index (χ2n) is 14.4. The van der Waals surface area contributed by atoms with Gasteiger partial charge in [0, 0.05) is 44.4 Å². The van der Waals surface area contributed by atoms with Crippen molar-refractivity contribution in [3.8, 4) is 79.8 Å². The van der Waals surface area contributed by atoms with E-state index in [1.807, 2.05) is 121 Å². The minimum Gasteiger partial charge on any atom is -0.456 e. The molecule has 0 spiro atoms. The lowest BCUT2D eigenvalue weighted by Gasteiger charge is -2.35. The summed E-state index contributed by atoms with van der Waals surface area (Å²) >= 11 is 0. The average Bonchev–Trinajstić information content (AvgIpc) is 3.26. The van der Waals surface area contributed by atoms with Crippen molar-refractivity contribution < 1.29 is 4.74 Å². The van der Waals surface area contributed by atoms with Crippen LogP contribution >= 0.6 is 0 Å². The first-order chi connectivity index (χ1) is 27.5. The Morgan fingerprint density at radius 3 is 1.45 bits per heavy atom. The number of aromatic nitrogens is 6. The number of ether oxygens (including phenoxy) is 1. The minimum atomic E-state index is -0.298. The molecular weight excluding hydrogens is 689 g/mol. The van der Waals surface area contributed by atoms with Crippen molar-refractivity contribution in [2.45, 2.75) is 19.3 Å². The van der Waals surface area contributed by atoms with Crippen molar-refractivity contribution >= 4 is 10.8 Å². The molecule has 9 aromatic rings. The first kappa shape index (κ1) is 33.2. The van der Waals surface area contributed by atoms with Gasteiger partial charge in [-0.15, -0.1) is 0 Å². The minimum absolute atomic E-state index is 0.298. The van der Waals surface area contributed by atoms with Gasteiger partial charge >= 0.3 is 0 Å². The highest BCUT2D eigenvalue weighted by molar-refractivity contribution is 5.98. The van der Waals surface area contributed by atoms with E-state index in [0.717, 1.165) is 66.8 Å². The summed E-state index contributed by atoms with van der Waals surface area (Å²) in [4.78, 5) is 30.6. The fourth-order valence-electron chi connectivity index (χ4n) is 7.54. The fraction of sp³-hybridized carbons (Fsp3) is 0.0612. The van der Waals surface area contributed by atoms with Crippen molar-refractivity contribution in [2.24, 2.45) is 0 Å². The molecule has 0 atom stereocenters. The van der Waals surface area contributed by atoms with Crippen LogP contribution < -0.4 is 4.74 Å². The SMILES string of the molecule is CC1(C)c2ccccc2Oc2c(-c3nc(-c4ccccc4)nc(-c4cc(-c5nc(-c6ccccc6)nc(-c6ccccc6)n5)c5ccccc5c4)n3)cccc21. The molecule has 0 bridgehead atoms. The summed E-state index contributed by atoms with van der Waals surface area (Å²) in [5, 5.41) is 2.01. The lowest BCUT2D eigenvalue weighted by Crippen LogP contribution is -2.24. The Kier molecular flexibility index (Phi) is 7.99. The molecule has 0 saturated carbocycles. The number of benzene rings is 7. The van der Waals surface area contributed by atoms with E-state index in [4.69, 9.17) is 34.6 Å². The predicted molar refractivity (Wildman–Crippen MR) is 222 cm³/mol. The van der Waals surface area contributed by atoms with Gasteiger partial charge in [0.15, 0.2) is 34.9 Å². The Bertz CT molecular complexity index is 2860. The third-order valence-electron chi connectivity index (χ3n) is 10.4. The Balaban J connectivity index is 1.20. The first-order valence-corrected chi connectivity index (χ1v) is 18.6. The smallest absolute Gasteiger partial charge is 0.167 e. The molecule has 7 nitrogen and oxygen atoms in total. The molecular formula is C49H34N6O. The maximum atomic E-state index is 6.70. The summed E-state index contributed by atoms with van der Waals surface area (Å²) < 4.78 is 6.70. The normalized spacial score (nSPS) is 12.8. The molecule has 0 radical (unpaired) electrons. The Morgan fingerprint density at radius 1 is 0.375 bits per heavy atom. The van der Waals surface area contributed by atoms with Crippen LogP contribution in [0.25, 0.3) is 79.1 Å². The molecule has 7 heteroatoms. The van der Waals surface area contributed by atoms with E-state index in [1.165, 1.54) is 0 Å². The van der Waals surface area contributed by atoms with E-state index in [-0.39, 0.29) is 5.41 Å². The molecule has 3 heterocycles. The summed E-state index contributed by atoms with van der Waals surface area (Å²) in [5.41, 5.74) is 7.05. The quantitative estimate of drug-likeness (QED) is 0.169. The molecule has 7 aromatic carbocycles. The van der Waals surface area contributed by atoms with Crippen molar-refractivity contribution in [3.63, 3.8) is 0 Å². The Hall–Kier alpha value is -7.38. The van der Waals surface area contributed by atoms with Crippen molar-refractivity contribution in [1.82, 2.24) is 29.9 Å². The van der Waals surface area contributed by atoms with Gasteiger partial charge in [-0.05, 0) is 35.0 Å². The molecule has 0 N–H and O–H groups in total. The molecule has 2 aromatic heterocycles. The molecule has 0 unspecified atom stereocenters. The van der Waals surface area contributed by atoms with Crippen LogP contribution in [0.3, 0.4) is 0 Å². The molecule has 1 aliphatic rings. The Morgan fingerprint density at radius 2 is 0.839 bits per heavy atom. The average molecular weight is 723 g/mol. The highest BCUT2D eigenvalue weighted by Gasteiger charge is 2.36. The van der Waals surface area contributed by atoms with Gasteiger partial charge in [0.1, 0.15) is 11.5 Å². The van der Waals surface area contributed by atoms with Crippen LogP contribution in [0.5, 0.6) is 11.5 Å². The first-order valence-electron chi connectivity index (χ1n) is 18.6. The van der Waals surface area contributed by atoms with Crippen LogP contribution in [0.4, 0.5) is 0 Å². The lowest BCUT2D eigenvalue weighted by atomic mass is 9.75. The van der Waals surface area contributed by atoms with Crippen LogP contribution in [0.1, 0.15) is 25.0 Å². The molecule has 0 aliphatic carbocycles. The van der Waals surface area contributed by atoms with Gasteiger partial charge in [0.2, 0.25) is 0 Å². The second-order valence-corrected chi connectivity index (χ2v) is 14.4. The summed E-state index contributed by atoms with van der Waals surface area (Å²) in [6.07, 6.45) is 0. The lowest BCUT2D eigenvalue weighted by molar-refractivity contribution is 0.419. The van der Waals surface area contributed by atoms with E-state index >= 15 is 0 Å². The number of para-hydroxylation sites is 2. The van der Waals surface area contributed by atoms with Gasteiger partial charge in [-0.1, -0.05) is 159 Å². The summed E-state index contributed by atoms with van der Waals surface area (Å²) in [7, 11) is 0. The number of rotatable bonds is 6. The zero-order chi connectivity index (χ0) is 37.6.